The number of carbonyl (C=O) groups excluding carboxylic acids is 1. The molecule has 148 valence electrons. The standard InChI is InChI=1S/C21H34O5/c1-14(2)16(4)11-17(22)15(3)7-6-9-20(5)18-8-10-21(26-18,13-25-20)12-19(23)24/h11,14-15,18H,6-10,12-13H2,1-5H3,(H,23,24)/b16-11+/t15?,18-,20+,21-/m1/s1. The van der Waals surface area contributed by atoms with Gasteiger partial charge >= 0.3 is 5.97 Å². The monoisotopic (exact) mass is 366 g/mol. The van der Waals surface area contributed by atoms with Crippen molar-refractivity contribution in [3.8, 4) is 0 Å². The van der Waals surface area contributed by atoms with Crippen molar-refractivity contribution in [2.24, 2.45) is 11.8 Å². The molecule has 2 aliphatic heterocycles. The molecule has 2 fully saturated rings. The van der Waals surface area contributed by atoms with Crippen molar-refractivity contribution in [3.63, 3.8) is 0 Å². The number of rotatable bonds is 9. The van der Waals surface area contributed by atoms with Crippen molar-refractivity contribution in [2.75, 3.05) is 6.61 Å². The van der Waals surface area contributed by atoms with Gasteiger partial charge in [-0.15, -0.1) is 0 Å². The zero-order chi connectivity index (χ0) is 19.5. The second-order valence-electron chi connectivity index (χ2n) is 8.74. The van der Waals surface area contributed by atoms with Crippen LogP contribution in [0.4, 0.5) is 0 Å². The molecule has 2 rings (SSSR count). The quantitative estimate of drug-likeness (QED) is 0.621. The highest BCUT2D eigenvalue weighted by molar-refractivity contribution is 5.92. The molecule has 1 unspecified atom stereocenters. The molecule has 26 heavy (non-hydrogen) atoms. The number of fused-ring (bicyclic) bond motifs is 2. The van der Waals surface area contributed by atoms with Gasteiger partial charge in [-0.1, -0.05) is 26.3 Å². The Morgan fingerprint density at radius 2 is 2.00 bits per heavy atom. The van der Waals surface area contributed by atoms with E-state index in [0.717, 1.165) is 37.7 Å². The number of hydrogen-bond acceptors (Lipinski definition) is 4. The first-order chi connectivity index (χ1) is 12.1. The van der Waals surface area contributed by atoms with E-state index < -0.39 is 11.6 Å². The normalized spacial score (nSPS) is 32.7. The summed E-state index contributed by atoms with van der Waals surface area (Å²) in [7, 11) is 0. The summed E-state index contributed by atoms with van der Waals surface area (Å²) in [5.41, 5.74) is 0.0992. The molecular formula is C21H34O5. The third-order valence-corrected chi connectivity index (χ3v) is 6.15. The van der Waals surface area contributed by atoms with Crippen molar-refractivity contribution < 1.29 is 24.2 Å². The Hall–Kier alpha value is -1.20. The molecule has 5 heteroatoms. The Bertz CT molecular complexity index is 567. The minimum absolute atomic E-state index is 0.00601. The van der Waals surface area contributed by atoms with Crippen LogP contribution in [0.25, 0.3) is 0 Å². The molecule has 4 atom stereocenters. The SMILES string of the molecule is C/C(=C\C(=O)C(C)CCC[C@]1(C)OC[C@]2(CC(=O)O)CC[C@H]1O2)C(C)C. The van der Waals surface area contributed by atoms with Gasteiger partial charge in [0.25, 0.3) is 0 Å². The summed E-state index contributed by atoms with van der Waals surface area (Å²) >= 11 is 0. The van der Waals surface area contributed by atoms with Crippen LogP contribution >= 0.6 is 0 Å². The number of ketones is 1. The zero-order valence-electron chi connectivity index (χ0n) is 16.8. The molecule has 0 radical (unpaired) electrons. The molecule has 0 saturated carbocycles. The van der Waals surface area contributed by atoms with Crippen molar-refractivity contribution in [1.82, 2.24) is 0 Å². The summed E-state index contributed by atoms with van der Waals surface area (Å²) < 4.78 is 12.2. The fraction of sp³-hybridized carbons (Fsp3) is 0.810. The van der Waals surface area contributed by atoms with E-state index in [1.807, 2.05) is 13.8 Å². The summed E-state index contributed by atoms with van der Waals surface area (Å²) in [6.07, 6.45) is 5.87. The summed E-state index contributed by atoms with van der Waals surface area (Å²) in [4.78, 5) is 23.4. The van der Waals surface area contributed by atoms with Crippen LogP contribution in [0.15, 0.2) is 11.6 Å². The number of ether oxygens (including phenoxy) is 2. The summed E-state index contributed by atoms with van der Waals surface area (Å²) in [6, 6.07) is 0. The largest absolute Gasteiger partial charge is 0.481 e. The summed E-state index contributed by atoms with van der Waals surface area (Å²) in [5.74, 6) is -0.240. The minimum Gasteiger partial charge on any atom is -0.481 e. The van der Waals surface area contributed by atoms with E-state index in [0.29, 0.717) is 12.5 Å². The van der Waals surface area contributed by atoms with Gasteiger partial charge in [0.2, 0.25) is 0 Å². The topological polar surface area (TPSA) is 72.8 Å². The molecule has 0 amide bonds. The first kappa shape index (κ1) is 21.1. The third-order valence-electron chi connectivity index (χ3n) is 6.15. The van der Waals surface area contributed by atoms with E-state index in [2.05, 4.69) is 20.8 Å². The van der Waals surface area contributed by atoms with E-state index in [9.17, 15) is 9.59 Å². The molecule has 2 aliphatic rings. The van der Waals surface area contributed by atoms with Crippen molar-refractivity contribution in [2.45, 2.75) is 90.4 Å². The van der Waals surface area contributed by atoms with Gasteiger partial charge in [-0.2, -0.15) is 0 Å². The van der Waals surface area contributed by atoms with Gasteiger partial charge in [-0.05, 0) is 57.9 Å². The summed E-state index contributed by atoms with van der Waals surface area (Å²) in [5, 5.41) is 9.09. The van der Waals surface area contributed by atoms with Crippen LogP contribution in [0.2, 0.25) is 0 Å². The molecule has 2 bridgehead atoms. The van der Waals surface area contributed by atoms with Crippen LogP contribution in [-0.4, -0.2) is 40.8 Å². The maximum absolute atomic E-state index is 12.3. The van der Waals surface area contributed by atoms with Crippen LogP contribution in [0.3, 0.4) is 0 Å². The van der Waals surface area contributed by atoms with Crippen molar-refractivity contribution >= 4 is 11.8 Å². The molecule has 5 nitrogen and oxygen atoms in total. The Morgan fingerprint density at radius 3 is 2.62 bits per heavy atom. The van der Waals surface area contributed by atoms with E-state index in [4.69, 9.17) is 14.6 Å². The van der Waals surface area contributed by atoms with Gasteiger partial charge in [0.05, 0.1) is 24.7 Å². The molecule has 1 N–H and O–H groups in total. The van der Waals surface area contributed by atoms with E-state index >= 15 is 0 Å². The number of carbonyl (C=O) groups is 2. The maximum atomic E-state index is 12.3. The Balaban J connectivity index is 1.84. The molecule has 0 aliphatic carbocycles. The van der Waals surface area contributed by atoms with Crippen LogP contribution in [0.1, 0.15) is 73.1 Å². The van der Waals surface area contributed by atoms with Gasteiger partial charge in [0, 0.05) is 5.92 Å². The highest BCUT2D eigenvalue weighted by Crippen LogP contribution is 2.46. The lowest BCUT2D eigenvalue weighted by molar-refractivity contribution is -0.242. The number of allylic oxidation sites excluding steroid dienone is 2. The molecule has 2 saturated heterocycles. The predicted octanol–water partition coefficient (Wildman–Crippen LogP) is 4.15. The number of carboxylic acid groups (broad SMARTS) is 1. The van der Waals surface area contributed by atoms with Crippen molar-refractivity contribution in [1.29, 1.82) is 0 Å². The molecular weight excluding hydrogens is 332 g/mol. The van der Waals surface area contributed by atoms with E-state index in [1.54, 1.807) is 6.08 Å². The smallest absolute Gasteiger partial charge is 0.306 e. The first-order valence-corrected chi connectivity index (χ1v) is 9.82. The van der Waals surface area contributed by atoms with E-state index in [-0.39, 0.29) is 29.8 Å². The van der Waals surface area contributed by atoms with Gasteiger partial charge in [0.15, 0.2) is 5.78 Å². The van der Waals surface area contributed by atoms with Crippen LogP contribution in [-0.2, 0) is 19.1 Å². The first-order valence-electron chi connectivity index (χ1n) is 9.82. The van der Waals surface area contributed by atoms with Gasteiger partial charge in [0.1, 0.15) is 5.60 Å². The second-order valence-corrected chi connectivity index (χ2v) is 8.74. The fourth-order valence-corrected chi connectivity index (χ4v) is 3.86. The molecule has 0 aromatic rings. The molecule has 0 spiro atoms. The molecule has 0 aromatic carbocycles. The predicted molar refractivity (Wildman–Crippen MR) is 100 cm³/mol. The average Bonchev–Trinajstić information content (AvgIpc) is 2.91. The van der Waals surface area contributed by atoms with E-state index in [1.165, 1.54) is 0 Å². The second kappa shape index (κ2) is 8.22. The highest BCUT2D eigenvalue weighted by Gasteiger charge is 2.54. The highest BCUT2D eigenvalue weighted by atomic mass is 16.6. The third kappa shape index (κ3) is 4.95. The number of aliphatic carboxylic acids is 1. The fourth-order valence-electron chi connectivity index (χ4n) is 3.86. The van der Waals surface area contributed by atoms with Crippen LogP contribution in [0.5, 0.6) is 0 Å². The lowest BCUT2D eigenvalue weighted by Crippen LogP contribution is -2.53. The Kier molecular flexibility index (Phi) is 6.67. The number of hydrogen-bond donors (Lipinski definition) is 1. The van der Waals surface area contributed by atoms with Crippen LogP contribution < -0.4 is 0 Å². The number of carboxylic acids is 1. The molecule has 0 aromatic heterocycles. The average molecular weight is 366 g/mol. The Labute approximate surface area is 157 Å². The minimum atomic E-state index is -0.838. The van der Waals surface area contributed by atoms with Gasteiger partial charge in [-0.25, -0.2) is 0 Å². The Morgan fingerprint density at radius 1 is 1.31 bits per heavy atom. The maximum Gasteiger partial charge on any atom is 0.306 e. The van der Waals surface area contributed by atoms with Gasteiger partial charge in [-0.3, -0.25) is 9.59 Å². The zero-order valence-corrected chi connectivity index (χ0v) is 16.8. The molecule has 2 heterocycles. The lowest BCUT2D eigenvalue weighted by atomic mass is 9.88. The van der Waals surface area contributed by atoms with Gasteiger partial charge < -0.3 is 14.6 Å². The van der Waals surface area contributed by atoms with Crippen LogP contribution in [0, 0.1) is 11.8 Å². The van der Waals surface area contributed by atoms with Crippen molar-refractivity contribution in [3.05, 3.63) is 11.6 Å². The lowest BCUT2D eigenvalue weighted by Gasteiger charge is -2.44. The summed E-state index contributed by atoms with van der Waals surface area (Å²) in [6.45, 7) is 10.6.